The summed E-state index contributed by atoms with van der Waals surface area (Å²) in [5.41, 5.74) is 2.83. The van der Waals surface area contributed by atoms with Crippen molar-refractivity contribution in [1.29, 1.82) is 0 Å². The maximum Gasteiger partial charge on any atom is 0.320 e. The van der Waals surface area contributed by atoms with E-state index in [1.54, 1.807) is 13.1 Å². The second-order valence-corrected chi connectivity index (χ2v) is 12.7. The van der Waals surface area contributed by atoms with E-state index in [0.717, 1.165) is 23.2 Å². The maximum atomic E-state index is 11.6. The highest BCUT2D eigenvalue weighted by molar-refractivity contribution is 6.74. The summed E-state index contributed by atoms with van der Waals surface area (Å²) in [4.78, 5) is 13.0. The van der Waals surface area contributed by atoms with Gasteiger partial charge in [-0.05, 0) is 47.8 Å². The molecule has 0 unspecified atom stereocenters. The van der Waals surface area contributed by atoms with Crippen LogP contribution in [0.25, 0.3) is 5.57 Å². The number of anilines is 1. The number of hydrogen-bond donors (Lipinski definition) is 0. The Morgan fingerprint density at radius 3 is 2.44 bits per heavy atom. The van der Waals surface area contributed by atoms with E-state index >= 15 is 0 Å². The summed E-state index contributed by atoms with van der Waals surface area (Å²) in [6.07, 6.45) is 4.49. The number of para-hydroxylation sites is 1. The molecule has 0 atom stereocenters. The fraction of sp³-hybridized carbons (Fsp3) is 0.450. The lowest BCUT2D eigenvalue weighted by molar-refractivity contribution is 0.265. The SMILES string of the molecule is C=C/C=C(\CCO[Si](C)(C)C(C)(C)C)c1ccccc1N(C)C(=O)Cl. The van der Waals surface area contributed by atoms with Crippen LogP contribution >= 0.6 is 11.6 Å². The Morgan fingerprint density at radius 1 is 1.32 bits per heavy atom. The monoisotopic (exact) mass is 379 g/mol. The van der Waals surface area contributed by atoms with Gasteiger partial charge in [0.2, 0.25) is 0 Å². The molecule has 0 saturated carbocycles. The van der Waals surface area contributed by atoms with Crippen LogP contribution in [0.3, 0.4) is 0 Å². The van der Waals surface area contributed by atoms with Crippen molar-refractivity contribution in [3.05, 3.63) is 48.6 Å². The van der Waals surface area contributed by atoms with Gasteiger partial charge in [-0.25, -0.2) is 0 Å². The molecule has 0 heterocycles. The lowest BCUT2D eigenvalue weighted by Crippen LogP contribution is -2.41. The average molecular weight is 380 g/mol. The maximum absolute atomic E-state index is 11.6. The van der Waals surface area contributed by atoms with E-state index in [1.807, 2.05) is 30.3 Å². The van der Waals surface area contributed by atoms with Crippen LogP contribution < -0.4 is 4.90 Å². The predicted octanol–water partition coefficient (Wildman–Crippen LogP) is 6.46. The number of benzene rings is 1. The molecule has 0 aromatic heterocycles. The van der Waals surface area contributed by atoms with Gasteiger partial charge in [0, 0.05) is 19.2 Å². The van der Waals surface area contributed by atoms with Crippen molar-refractivity contribution in [3.63, 3.8) is 0 Å². The van der Waals surface area contributed by atoms with Crippen molar-refractivity contribution in [2.24, 2.45) is 0 Å². The minimum atomic E-state index is -1.79. The number of hydrogen-bond acceptors (Lipinski definition) is 2. The molecule has 0 N–H and O–H groups in total. The van der Waals surface area contributed by atoms with E-state index in [1.165, 1.54) is 4.90 Å². The molecular weight excluding hydrogens is 350 g/mol. The second kappa shape index (κ2) is 8.83. The Bertz CT molecular complexity index is 647. The van der Waals surface area contributed by atoms with Crippen LogP contribution in [0.15, 0.2) is 43.0 Å². The van der Waals surface area contributed by atoms with Gasteiger partial charge in [0.05, 0.1) is 5.69 Å². The van der Waals surface area contributed by atoms with Crippen molar-refractivity contribution in [2.75, 3.05) is 18.6 Å². The minimum Gasteiger partial charge on any atom is -0.416 e. The molecule has 1 aromatic rings. The van der Waals surface area contributed by atoms with Crippen LogP contribution in [-0.4, -0.2) is 27.3 Å². The third kappa shape index (κ3) is 5.84. The third-order valence-corrected chi connectivity index (χ3v) is 9.63. The molecule has 0 aliphatic heterocycles. The summed E-state index contributed by atoms with van der Waals surface area (Å²) < 4.78 is 6.30. The largest absolute Gasteiger partial charge is 0.416 e. The van der Waals surface area contributed by atoms with E-state index in [0.29, 0.717) is 6.61 Å². The summed E-state index contributed by atoms with van der Waals surface area (Å²) >= 11 is 5.66. The Hall–Kier alpha value is -1.36. The van der Waals surface area contributed by atoms with Crippen molar-refractivity contribution < 1.29 is 9.22 Å². The van der Waals surface area contributed by atoms with Gasteiger partial charge >= 0.3 is 5.37 Å². The second-order valence-electron chi connectivity index (χ2n) is 7.62. The van der Waals surface area contributed by atoms with E-state index in [2.05, 4.69) is 40.4 Å². The first-order chi connectivity index (χ1) is 11.5. The van der Waals surface area contributed by atoms with E-state index < -0.39 is 13.7 Å². The van der Waals surface area contributed by atoms with Gasteiger partial charge in [-0.3, -0.25) is 4.79 Å². The zero-order chi connectivity index (χ0) is 19.3. The number of rotatable bonds is 7. The van der Waals surface area contributed by atoms with Crippen molar-refractivity contribution >= 4 is 36.5 Å². The fourth-order valence-electron chi connectivity index (χ4n) is 2.22. The molecule has 0 radical (unpaired) electrons. The molecule has 0 aliphatic carbocycles. The third-order valence-electron chi connectivity index (χ3n) is 4.83. The van der Waals surface area contributed by atoms with Crippen molar-refractivity contribution in [3.8, 4) is 0 Å². The Labute approximate surface area is 158 Å². The highest BCUT2D eigenvalue weighted by Gasteiger charge is 2.36. The topological polar surface area (TPSA) is 29.5 Å². The summed E-state index contributed by atoms with van der Waals surface area (Å²) in [5.74, 6) is 0. The molecule has 25 heavy (non-hydrogen) atoms. The van der Waals surface area contributed by atoms with Crippen LogP contribution in [0.4, 0.5) is 10.5 Å². The van der Waals surface area contributed by atoms with Gasteiger partial charge in [0.1, 0.15) is 0 Å². The van der Waals surface area contributed by atoms with Gasteiger partial charge in [-0.2, -0.15) is 0 Å². The van der Waals surface area contributed by atoms with Gasteiger partial charge in [0.15, 0.2) is 8.32 Å². The molecule has 0 spiro atoms. The molecule has 3 nitrogen and oxygen atoms in total. The molecule has 0 aliphatic rings. The summed E-state index contributed by atoms with van der Waals surface area (Å²) in [7, 11) is -0.115. The van der Waals surface area contributed by atoms with Gasteiger partial charge < -0.3 is 9.33 Å². The summed E-state index contributed by atoms with van der Waals surface area (Å²) in [6.45, 7) is 15.7. The van der Waals surface area contributed by atoms with Crippen LogP contribution in [0.2, 0.25) is 18.1 Å². The smallest absolute Gasteiger partial charge is 0.320 e. The first kappa shape index (κ1) is 21.7. The van der Waals surface area contributed by atoms with Gasteiger partial charge in [-0.15, -0.1) is 0 Å². The van der Waals surface area contributed by atoms with E-state index in [4.69, 9.17) is 16.0 Å². The zero-order valence-corrected chi connectivity index (χ0v) is 18.0. The van der Waals surface area contributed by atoms with Gasteiger partial charge in [-0.1, -0.05) is 57.7 Å². The first-order valence-corrected chi connectivity index (χ1v) is 11.8. The Morgan fingerprint density at radius 2 is 1.92 bits per heavy atom. The predicted molar refractivity (Wildman–Crippen MR) is 112 cm³/mol. The van der Waals surface area contributed by atoms with Crippen molar-refractivity contribution in [1.82, 2.24) is 0 Å². The molecule has 1 amide bonds. The van der Waals surface area contributed by atoms with Crippen molar-refractivity contribution in [2.45, 2.75) is 45.3 Å². The normalized spacial score (nSPS) is 12.8. The standard InChI is InChI=1S/C20H30ClNO2Si/c1-8-11-16(14-15-24-25(6,7)20(2,3)4)17-12-9-10-13-18(17)22(5)19(21)23/h8-13H,1,14-15H2,2-7H3/b16-11+. The number of amides is 1. The molecule has 138 valence electrons. The van der Waals surface area contributed by atoms with Crippen LogP contribution in [0.5, 0.6) is 0 Å². The Kier molecular flexibility index (Phi) is 7.66. The number of nitrogens with zero attached hydrogens (tertiary/aromatic N) is 1. The molecule has 1 aromatic carbocycles. The highest BCUT2D eigenvalue weighted by Crippen LogP contribution is 2.37. The summed E-state index contributed by atoms with van der Waals surface area (Å²) in [5, 5.41) is -0.332. The van der Waals surface area contributed by atoms with Crippen LogP contribution in [-0.2, 0) is 4.43 Å². The zero-order valence-electron chi connectivity index (χ0n) is 16.2. The highest BCUT2D eigenvalue weighted by atomic mass is 35.5. The quantitative estimate of drug-likeness (QED) is 0.235. The molecule has 0 saturated heterocycles. The number of halogens is 1. The molecule has 1 rings (SSSR count). The van der Waals surface area contributed by atoms with E-state index in [-0.39, 0.29) is 5.04 Å². The van der Waals surface area contributed by atoms with Crippen LogP contribution in [0, 0.1) is 0 Å². The molecule has 0 fully saturated rings. The van der Waals surface area contributed by atoms with Gasteiger partial charge in [0.25, 0.3) is 0 Å². The Balaban J connectivity index is 3.02. The lowest BCUT2D eigenvalue weighted by atomic mass is 10.00. The summed E-state index contributed by atoms with van der Waals surface area (Å²) in [6, 6.07) is 7.73. The number of allylic oxidation sites excluding steroid dienone is 2. The van der Waals surface area contributed by atoms with E-state index in [9.17, 15) is 4.79 Å². The van der Waals surface area contributed by atoms with Crippen LogP contribution in [0.1, 0.15) is 32.8 Å². The number of carbonyl (C=O) groups excluding carboxylic acids is 1. The molecule has 0 bridgehead atoms. The average Bonchev–Trinajstić information content (AvgIpc) is 2.52. The molecular formula is C20H30ClNO2Si. The number of carbonyl (C=O) groups is 1. The fourth-order valence-corrected chi connectivity index (χ4v) is 3.35. The molecule has 5 heteroatoms. The first-order valence-electron chi connectivity index (χ1n) is 8.49. The minimum absolute atomic E-state index is 0.179. The lowest BCUT2D eigenvalue weighted by Gasteiger charge is -2.36.